The average Bonchev–Trinajstić information content (AvgIpc) is 2.64. The molecule has 0 radical (unpaired) electrons. The number of carbonyl (C=O) groups is 1. The number of nitrogens with one attached hydrogen (secondary N) is 1. The Labute approximate surface area is 159 Å². The third-order valence-electron chi connectivity index (χ3n) is 5.29. The molecule has 0 bridgehead atoms. The zero-order chi connectivity index (χ0) is 18.7. The summed E-state index contributed by atoms with van der Waals surface area (Å²) in [6.45, 7) is 6.25. The highest BCUT2D eigenvalue weighted by molar-refractivity contribution is 8.00. The van der Waals surface area contributed by atoms with Gasteiger partial charge in [-0.1, -0.05) is 43.7 Å². The summed E-state index contributed by atoms with van der Waals surface area (Å²) in [7, 11) is 0. The third kappa shape index (κ3) is 4.02. The van der Waals surface area contributed by atoms with Crippen LogP contribution in [-0.2, 0) is 4.79 Å². The molecule has 0 aliphatic heterocycles. The second-order valence-electron chi connectivity index (χ2n) is 7.27. The van der Waals surface area contributed by atoms with E-state index in [9.17, 15) is 10.1 Å². The van der Waals surface area contributed by atoms with Gasteiger partial charge in [0, 0.05) is 11.4 Å². The normalized spacial score (nSPS) is 19.9. The number of hydrogen-bond donors (Lipinski definition) is 1. The number of nitrogens with zero attached hydrogens (tertiary/aromatic N) is 2. The maximum Gasteiger partial charge on any atom is 0.230 e. The van der Waals surface area contributed by atoms with E-state index in [0.717, 1.165) is 28.5 Å². The number of benzene rings is 1. The summed E-state index contributed by atoms with van der Waals surface area (Å²) in [5.74, 6) is 0.860. The zero-order valence-electron chi connectivity index (χ0n) is 15.6. The Balaban J connectivity index is 1.75. The molecule has 2 atom stereocenters. The van der Waals surface area contributed by atoms with Crippen LogP contribution in [0.1, 0.15) is 49.3 Å². The molecule has 4 nitrogen and oxygen atoms in total. The van der Waals surface area contributed by atoms with E-state index in [1.165, 1.54) is 31.0 Å². The van der Waals surface area contributed by atoms with Crippen molar-refractivity contribution < 1.29 is 4.79 Å². The number of pyridine rings is 1. The smallest absolute Gasteiger partial charge is 0.230 e. The van der Waals surface area contributed by atoms with E-state index < -0.39 is 0 Å². The van der Waals surface area contributed by atoms with Crippen molar-refractivity contribution in [3.63, 3.8) is 0 Å². The maximum atomic E-state index is 12.4. The maximum absolute atomic E-state index is 12.4. The fraction of sp³-hybridized carbons (Fsp3) is 0.476. The highest BCUT2D eigenvalue weighted by Gasteiger charge is 2.23. The number of amides is 1. The van der Waals surface area contributed by atoms with Gasteiger partial charge < -0.3 is 5.32 Å². The van der Waals surface area contributed by atoms with Gasteiger partial charge in [0.1, 0.15) is 11.1 Å². The predicted octanol–water partition coefficient (Wildman–Crippen LogP) is 4.51. The number of carbonyl (C=O) groups excluding carboxylic acids is 1. The minimum absolute atomic E-state index is 0.0282. The SMILES string of the molecule is Cc1ccc(C)c2nc(SCC(=O)N[C@H]3CCCC[C@H]3C)c(C#N)cc12. The summed E-state index contributed by atoms with van der Waals surface area (Å²) in [6.07, 6.45) is 4.69. The molecule has 1 fully saturated rings. The van der Waals surface area contributed by atoms with Crippen LogP contribution < -0.4 is 5.32 Å². The van der Waals surface area contributed by atoms with Crippen molar-refractivity contribution in [2.45, 2.75) is 57.5 Å². The molecule has 136 valence electrons. The van der Waals surface area contributed by atoms with E-state index in [4.69, 9.17) is 4.98 Å². The third-order valence-corrected chi connectivity index (χ3v) is 6.28. The van der Waals surface area contributed by atoms with Crippen molar-refractivity contribution >= 4 is 28.6 Å². The predicted molar refractivity (Wildman–Crippen MR) is 106 cm³/mol. The molecular weight excluding hydrogens is 342 g/mol. The number of hydrogen-bond acceptors (Lipinski definition) is 4. The van der Waals surface area contributed by atoms with Crippen molar-refractivity contribution in [3.8, 4) is 6.07 Å². The Morgan fingerprint density at radius 2 is 2.04 bits per heavy atom. The van der Waals surface area contributed by atoms with Crippen LogP contribution in [0.5, 0.6) is 0 Å². The van der Waals surface area contributed by atoms with Gasteiger partial charge in [0.2, 0.25) is 5.91 Å². The van der Waals surface area contributed by atoms with Crippen LogP contribution in [0.25, 0.3) is 10.9 Å². The first-order valence-corrected chi connectivity index (χ1v) is 10.2. The van der Waals surface area contributed by atoms with Crippen molar-refractivity contribution in [3.05, 3.63) is 34.9 Å². The molecule has 2 aromatic rings. The lowest BCUT2D eigenvalue weighted by Crippen LogP contribution is -2.41. The van der Waals surface area contributed by atoms with Gasteiger partial charge in [-0.3, -0.25) is 4.79 Å². The molecule has 1 aliphatic rings. The first-order chi connectivity index (χ1) is 12.5. The lowest BCUT2D eigenvalue weighted by Gasteiger charge is -2.29. The summed E-state index contributed by atoms with van der Waals surface area (Å²) >= 11 is 1.35. The van der Waals surface area contributed by atoms with Gasteiger partial charge >= 0.3 is 0 Å². The van der Waals surface area contributed by atoms with Gasteiger partial charge in [-0.25, -0.2) is 4.98 Å². The second-order valence-corrected chi connectivity index (χ2v) is 8.24. The van der Waals surface area contributed by atoms with E-state index >= 15 is 0 Å². The molecule has 1 heterocycles. The number of aromatic nitrogens is 1. The van der Waals surface area contributed by atoms with Gasteiger partial charge in [-0.2, -0.15) is 5.26 Å². The molecule has 0 unspecified atom stereocenters. The monoisotopic (exact) mass is 367 g/mol. The molecule has 26 heavy (non-hydrogen) atoms. The van der Waals surface area contributed by atoms with Gasteiger partial charge in [0.05, 0.1) is 16.8 Å². The quantitative estimate of drug-likeness (QED) is 0.808. The first-order valence-electron chi connectivity index (χ1n) is 9.23. The lowest BCUT2D eigenvalue weighted by molar-refractivity contribution is -0.119. The number of fused-ring (bicyclic) bond motifs is 1. The molecule has 1 saturated carbocycles. The number of rotatable bonds is 4. The van der Waals surface area contributed by atoms with E-state index in [2.05, 4.69) is 18.3 Å². The Hall–Kier alpha value is -2.06. The van der Waals surface area contributed by atoms with Gasteiger partial charge in [0.15, 0.2) is 0 Å². The molecule has 3 rings (SSSR count). The van der Waals surface area contributed by atoms with Crippen molar-refractivity contribution in [2.75, 3.05) is 5.75 Å². The highest BCUT2D eigenvalue weighted by atomic mass is 32.2. The number of thioether (sulfide) groups is 1. The van der Waals surface area contributed by atoms with Gasteiger partial charge in [-0.15, -0.1) is 0 Å². The molecule has 0 saturated heterocycles. The fourth-order valence-corrected chi connectivity index (χ4v) is 4.39. The van der Waals surface area contributed by atoms with Gasteiger partial charge in [-0.05, 0) is 49.8 Å². The summed E-state index contributed by atoms with van der Waals surface area (Å²) in [5.41, 5.74) is 3.63. The molecule has 0 spiro atoms. The number of aryl methyl sites for hydroxylation is 2. The van der Waals surface area contributed by atoms with Crippen LogP contribution in [0.2, 0.25) is 0 Å². The first kappa shape index (κ1) is 18.7. The fourth-order valence-electron chi connectivity index (χ4n) is 3.62. The molecule has 1 aromatic heterocycles. The molecule has 1 aromatic carbocycles. The van der Waals surface area contributed by atoms with Crippen LogP contribution in [0.3, 0.4) is 0 Å². The Morgan fingerprint density at radius 3 is 2.77 bits per heavy atom. The van der Waals surface area contributed by atoms with Crippen molar-refractivity contribution in [1.82, 2.24) is 10.3 Å². The topological polar surface area (TPSA) is 65.8 Å². The molecular formula is C21H25N3OS. The standard InChI is InChI=1S/C21H25N3OS/c1-13-8-9-15(3)20-17(13)10-16(11-22)21(24-20)26-12-19(25)23-18-7-5-4-6-14(18)2/h8-10,14,18H,4-7,12H2,1-3H3,(H,23,25)/t14-,18+/m1/s1. The van der Waals surface area contributed by atoms with E-state index in [1.54, 1.807) is 0 Å². The van der Waals surface area contributed by atoms with Crippen LogP contribution in [0, 0.1) is 31.1 Å². The second kappa shape index (κ2) is 8.09. The summed E-state index contributed by atoms with van der Waals surface area (Å²) in [6, 6.07) is 8.50. The largest absolute Gasteiger partial charge is 0.352 e. The molecule has 5 heteroatoms. The van der Waals surface area contributed by atoms with Crippen LogP contribution in [0.4, 0.5) is 0 Å². The van der Waals surface area contributed by atoms with E-state index in [1.807, 2.05) is 32.0 Å². The molecule has 1 N–H and O–H groups in total. The van der Waals surface area contributed by atoms with Crippen molar-refractivity contribution in [1.29, 1.82) is 5.26 Å². The Kier molecular flexibility index (Phi) is 5.83. The Bertz CT molecular complexity index is 872. The molecule has 1 aliphatic carbocycles. The van der Waals surface area contributed by atoms with Crippen LogP contribution >= 0.6 is 11.8 Å². The molecule has 1 amide bonds. The van der Waals surface area contributed by atoms with Crippen LogP contribution in [-0.4, -0.2) is 22.7 Å². The van der Waals surface area contributed by atoms with E-state index in [0.29, 0.717) is 22.3 Å². The van der Waals surface area contributed by atoms with E-state index in [-0.39, 0.29) is 11.9 Å². The number of nitriles is 1. The lowest BCUT2D eigenvalue weighted by atomic mass is 9.86. The summed E-state index contributed by atoms with van der Waals surface area (Å²) in [4.78, 5) is 17.1. The average molecular weight is 368 g/mol. The summed E-state index contributed by atoms with van der Waals surface area (Å²) in [5, 5.41) is 14.3. The minimum atomic E-state index is 0.0282. The van der Waals surface area contributed by atoms with Gasteiger partial charge in [0.25, 0.3) is 0 Å². The highest BCUT2D eigenvalue weighted by Crippen LogP contribution is 2.28. The Morgan fingerprint density at radius 1 is 1.31 bits per heavy atom. The van der Waals surface area contributed by atoms with Crippen LogP contribution in [0.15, 0.2) is 23.2 Å². The zero-order valence-corrected chi connectivity index (χ0v) is 16.4. The summed E-state index contributed by atoms with van der Waals surface area (Å²) < 4.78 is 0. The van der Waals surface area contributed by atoms with Crippen molar-refractivity contribution in [2.24, 2.45) is 5.92 Å². The minimum Gasteiger partial charge on any atom is -0.352 e.